The van der Waals surface area contributed by atoms with Crippen molar-refractivity contribution in [2.24, 2.45) is 0 Å². The number of urea groups is 1. The van der Waals surface area contributed by atoms with Gasteiger partial charge in [-0.2, -0.15) is 0 Å². The second kappa shape index (κ2) is 12.4. The fourth-order valence-corrected chi connectivity index (χ4v) is 3.62. The van der Waals surface area contributed by atoms with Crippen molar-refractivity contribution in [1.29, 1.82) is 0 Å². The van der Waals surface area contributed by atoms with Crippen molar-refractivity contribution in [3.05, 3.63) is 65.6 Å². The molecule has 2 aromatic rings. The monoisotopic (exact) mass is 547 g/mol. The number of carbonyl (C=O) groups is 4. The van der Waals surface area contributed by atoms with Crippen LogP contribution in [-0.2, 0) is 14.4 Å². The summed E-state index contributed by atoms with van der Waals surface area (Å²) in [5.41, 5.74) is 0.558. The van der Waals surface area contributed by atoms with Gasteiger partial charge in [0.2, 0.25) is 0 Å². The number of carboxylic acid groups (broad SMARTS) is 1. The summed E-state index contributed by atoms with van der Waals surface area (Å²) in [6, 6.07) is 4.04. The van der Waals surface area contributed by atoms with Gasteiger partial charge in [0.25, 0.3) is 5.91 Å². The zero-order valence-electron chi connectivity index (χ0n) is 21.4. The predicted octanol–water partition coefficient (Wildman–Crippen LogP) is 0.636. The molecule has 3 rings (SSSR count). The van der Waals surface area contributed by atoms with E-state index in [0.29, 0.717) is 5.70 Å². The van der Waals surface area contributed by atoms with Crippen LogP contribution < -0.4 is 44.9 Å². The van der Waals surface area contributed by atoms with Gasteiger partial charge in [0, 0.05) is 18.8 Å². The second-order valence-electron chi connectivity index (χ2n) is 8.14. The van der Waals surface area contributed by atoms with Gasteiger partial charge < -0.3 is 26.8 Å². The molecule has 3 N–H and O–H groups in total. The molecule has 0 radical (unpaired) electrons. The number of likely N-dealkylation sites (N-methyl/N-ethyl adjacent to an activating group) is 1. The molecule has 1 heterocycles. The number of hydrogen-bond acceptors (Lipinski definition) is 5. The first-order chi connectivity index (χ1) is 17.2. The molecule has 0 aromatic heterocycles. The topological polar surface area (TPSA) is 125 Å². The fourth-order valence-electron chi connectivity index (χ4n) is 3.62. The molecule has 38 heavy (non-hydrogen) atoms. The Balaban J connectivity index is 0.00000380. The quantitative estimate of drug-likeness (QED) is 0.266. The van der Waals surface area contributed by atoms with Crippen LogP contribution in [0.15, 0.2) is 54.2 Å². The average molecular weight is 547 g/mol. The molecule has 0 saturated carbocycles. The number of nitrogens with one attached hydrogen (secondary N) is 2. The van der Waals surface area contributed by atoms with Gasteiger partial charge in [0.05, 0.1) is 12.5 Å². The fraction of sp³-hybridized carbons (Fsp3) is 0.250. The predicted molar refractivity (Wildman–Crippen MR) is 122 cm³/mol. The minimum absolute atomic E-state index is 0. The number of nitrogens with zero attached hydrogens (tertiary/aromatic N) is 1. The molecule has 2 aromatic carbocycles. The molecule has 9 nitrogen and oxygen atoms in total. The molecule has 3 amide bonds. The summed E-state index contributed by atoms with van der Waals surface area (Å²) in [4.78, 5) is 49.8. The van der Waals surface area contributed by atoms with E-state index in [2.05, 4.69) is 15.4 Å². The van der Waals surface area contributed by atoms with E-state index >= 15 is 0 Å². The van der Waals surface area contributed by atoms with Gasteiger partial charge in [-0.1, -0.05) is 12.1 Å². The maximum absolute atomic E-state index is 14.5. The molecule has 0 saturated heterocycles. The summed E-state index contributed by atoms with van der Waals surface area (Å²) in [5.74, 6) is -4.15. The van der Waals surface area contributed by atoms with Crippen LogP contribution in [0.25, 0.3) is 11.1 Å². The van der Waals surface area contributed by atoms with E-state index in [1.54, 1.807) is 0 Å². The van der Waals surface area contributed by atoms with E-state index in [4.69, 9.17) is 0 Å². The molecule has 0 bridgehead atoms. The van der Waals surface area contributed by atoms with Crippen LogP contribution >= 0.6 is 0 Å². The Kier molecular flexibility index (Phi) is 10.1. The Bertz CT molecular complexity index is 1290. The number of carbonyl (C=O) groups excluding carboxylic acids is 3. The first-order valence-corrected chi connectivity index (χ1v) is 10.7. The van der Waals surface area contributed by atoms with Crippen LogP contribution in [-0.4, -0.2) is 53.1 Å². The van der Waals surface area contributed by atoms with Gasteiger partial charge in [-0.05, 0) is 53.9 Å². The third-order valence-electron chi connectivity index (χ3n) is 5.43. The summed E-state index contributed by atoms with van der Waals surface area (Å²) in [5, 5.41) is 13.8. The van der Waals surface area contributed by atoms with Crippen molar-refractivity contribution in [3.8, 4) is 16.9 Å². The molecule has 0 aliphatic carbocycles. The van der Waals surface area contributed by atoms with Gasteiger partial charge in [-0.15, -0.1) is 13.2 Å². The first kappa shape index (κ1) is 30.8. The molecular weight excluding hydrogens is 525 g/mol. The maximum Gasteiger partial charge on any atom is 1.00 e. The van der Waals surface area contributed by atoms with Crippen molar-refractivity contribution in [3.63, 3.8) is 0 Å². The standard InChI is InChI=1S/C24H21F4N3O6.Na.H/c1-12-6-19(32)21(22(35)31(12)2)30-23(36)29-18(11-20(33)34)15-7-14(8-16(25)9-15)13-4-3-5-17(10-13)37-24(26,27)28;;/h3-10,18,21H,11H2,1-2H3,(H,33,34)(H2,29,30,36);;/q;+1;-1. The zero-order chi connectivity index (χ0) is 27.5. The number of ketones is 1. The molecule has 198 valence electrons. The van der Waals surface area contributed by atoms with Gasteiger partial charge in [0.1, 0.15) is 11.6 Å². The molecule has 1 aliphatic heterocycles. The van der Waals surface area contributed by atoms with Crippen LogP contribution in [0.3, 0.4) is 0 Å². The summed E-state index contributed by atoms with van der Waals surface area (Å²) in [7, 11) is 1.41. The molecular formula is C24H22F4N3NaO6. The smallest absolute Gasteiger partial charge is 1.00 e. The maximum atomic E-state index is 14.5. The second-order valence-corrected chi connectivity index (χ2v) is 8.14. The Hall–Kier alpha value is -3.42. The van der Waals surface area contributed by atoms with E-state index in [9.17, 15) is 41.8 Å². The Morgan fingerprint density at radius 3 is 2.47 bits per heavy atom. The Labute approximate surface area is 237 Å². The van der Waals surface area contributed by atoms with E-state index in [1.165, 1.54) is 32.2 Å². The SMILES string of the molecule is CC1=CC(=O)C(NC(=O)NC(CC(=O)O)c2cc(F)cc(-c3cccc(OC(F)(F)F)c3)c2)C(=O)N1C.[H-].[Na+]. The van der Waals surface area contributed by atoms with Gasteiger partial charge in [-0.25, -0.2) is 9.18 Å². The summed E-state index contributed by atoms with van der Waals surface area (Å²) >= 11 is 0. The number of amides is 3. The minimum Gasteiger partial charge on any atom is -1.00 e. The Morgan fingerprint density at radius 1 is 1.16 bits per heavy atom. The third kappa shape index (κ3) is 8.04. The number of benzene rings is 2. The van der Waals surface area contributed by atoms with Crippen LogP contribution in [0, 0.1) is 5.82 Å². The van der Waals surface area contributed by atoms with Crippen LogP contribution in [0.1, 0.15) is 26.4 Å². The third-order valence-corrected chi connectivity index (χ3v) is 5.43. The molecule has 2 unspecified atom stereocenters. The van der Waals surface area contributed by atoms with E-state index in [-0.39, 0.29) is 47.7 Å². The number of hydrogen-bond donors (Lipinski definition) is 3. The summed E-state index contributed by atoms with van der Waals surface area (Å²) < 4.78 is 56.1. The van der Waals surface area contributed by atoms with Crippen molar-refractivity contribution in [2.75, 3.05) is 7.05 Å². The largest absolute Gasteiger partial charge is 1.00 e. The summed E-state index contributed by atoms with van der Waals surface area (Å²) in [6.07, 6.45) is -4.49. The Morgan fingerprint density at radius 2 is 1.84 bits per heavy atom. The van der Waals surface area contributed by atoms with Crippen molar-refractivity contribution in [2.45, 2.75) is 31.8 Å². The molecule has 1 aliphatic rings. The zero-order valence-corrected chi connectivity index (χ0v) is 22.4. The van der Waals surface area contributed by atoms with Gasteiger partial charge >= 0.3 is 47.9 Å². The van der Waals surface area contributed by atoms with Crippen LogP contribution in [0.4, 0.5) is 22.4 Å². The number of carboxylic acids is 1. The number of allylic oxidation sites excluding steroid dienone is 1. The number of alkyl halides is 3. The normalized spacial score (nSPS) is 16.2. The minimum atomic E-state index is -4.94. The van der Waals surface area contributed by atoms with Crippen molar-refractivity contribution < 1.29 is 77.6 Å². The van der Waals surface area contributed by atoms with E-state index < -0.39 is 60.1 Å². The van der Waals surface area contributed by atoms with E-state index in [1.807, 2.05) is 0 Å². The van der Waals surface area contributed by atoms with Crippen molar-refractivity contribution >= 4 is 23.7 Å². The molecule has 0 fully saturated rings. The van der Waals surface area contributed by atoms with E-state index in [0.717, 1.165) is 35.2 Å². The number of aliphatic carboxylic acids is 1. The van der Waals surface area contributed by atoms with Crippen molar-refractivity contribution in [1.82, 2.24) is 15.5 Å². The van der Waals surface area contributed by atoms with Gasteiger partial charge in [0.15, 0.2) is 11.8 Å². The number of rotatable bonds is 7. The van der Waals surface area contributed by atoms with Crippen LogP contribution in [0.5, 0.6) is 5.75 Å². The van der Waals surface area contributed by atoms with Crippen LogP contribution in [0.2, 0.25) is 0 Å². The number of ether oxygens (including phenoxy) is 1. The molecule has 14 heteroatoms. The average Bonchev–Trinajstić information content (AvgIpc) is 2.78. The first-order valence-electron chi connectivity index (χ1n) is 10.7. The summed E-state index contributed by atoms with van der Waals surface area (Å²) in [6.45, 7) is 1.53. The van der Waals surface area contributed by atoms with Gasteiger partial charge in [-0.3, -0.25) is 14.4 Å². The molecule has 2 atom stereocenters. The number of halogens is 4. The molecule has 0 spiro atoms.